The number of hydrogen-bond donors (Lipinski definition) is 2. The Hall–Kier alpha value is -1.40. The van der Waals surface area contributed by atoms with Gasteiger partial charge in [-0.15, -0.1) is 11.3 Å². The maximum Gasteiger partial charge on any atom is 0.326 e. The average molecular weight is 297 g/mol. The van der Waals surface area contributed by atoms with E-state index in [1.165, 1.54) is 11.3 Å². The number of nitrogens with one attached hydrogen (secondary N) is 1. The zero-order chi connectivity index (χ0) is 14.5. The number of carbonyl (C=O) groups excluding carboxylic acids is 1. The van der Waals surface area contributed by atoms with Crippen LogP contribution in [0.1, 0.15) is 30.6 Å². The number of ether oxygens (including phenoxy) is 1. The quantitative estimate of drug-likeness (QED) is 0.869. The molecule has 1 fully saturated rings. The molecular weight excluding hydrogens is 278 g/mol. The molecule has 1 aliphatic rings. The highest BCUT2D eigenvalue weighted by atomic mass is 32.1. The number of carboxylic acid groups (broad SMARTS) is 1. The number of hydrogen-bond acceptors (Lipinski definition) is 4. The smallest absolute Gasteiger partial charge is 0.326 e. The summed E-state index contributed by atoms with van der Waals surface area (Å²) >= 11 is 1.50. The van der Waals surface area contributed by atoms with Crippen molar-refractivity contribution < 1.29 is 19.4 Å². The molecule has 1 amide bonds. The van der Waals surface area contributed by atoms with Crippen LogP contribution in [0.2, 0.25) is 0 Å². The molecule has 1 saturated heterocycles. The summed E-state index contributed by atoms with van der Waals surface area (Å²) in [6.07, 6.45) is 1.61. The first-order valence-corrected chi connectivity index (χ1v) is 7.62. The zero-order valence-electron chi connectivity index (χ0n) is 11.4. The van der Waals surface area contributed by atoms with Crippen LogP contribution in [-0.2, 0) is 14.3 Å². The molecule has 2 rings (SSSR count). The second-order valence-electron chi connectivity index (χ2n) is 5.04. The molecule has 20 heavy (non-hydrogen) atoms. The van der Waals surface area contributed by atoms with Gasteiger partial charge in [0.2, 0.25) is 5.91 Å². The van der Waals surface area contributed by atoms with E-state index in [9.17, 15) is 14.7 Å². The van der Waals surface area contributed by atoms with Crippen LogP contribution < -0.4 is 5.32 Å². The molecular formula is C14H19NO4S. The highest BCUT2D eigenvalue weighted by Crippen LogP contribution is 2.22. The molecule has 0 bridgehead atoms. The highest BCUT2D eigenvalue weighted by molar-refractivity contribution is 7.10. The second kappa shape index (κ2) is 6.85. The number of thiophene rings is 1. The molecule has 0 aromatic carbocycles. The third-order valence-corrected chi connectivity index (χ3v) is 4.65. The fraction of sp³-hybridized carbons (Fsp3) is 0.571. The molecule has 6 heteroatoms. The van der Waals surface area contributed by atoms with Gasteiger partial charge in [-0.2, -0.15) is 0 Å². The normalized spacial score (nSPS) is 21.9. The van der Waals surface area contributed by atoms with Gasteiger partial charge in [-0.25, -0.2) is 4.79 Å². The van der Waals surface area contributed by atoms with E-state index in [4.69, 9.17) is 4.74 Å². The zero-order valence-corrected chi connectivity index (χ0v) is 12.2. The third-order valence-electron chi connectivity index (χ3n) is 3.59. The van der Waals surface area contributed by atoms with Crippen LogP contribution in [0.15, 0.2) is 17.5 Å². The summed E-state index contributed by atoms with van der Waals surface area (Å²) in [5.41, 5.74) is 0. The first-order valence-electron chi connectivity index (χ1n) is 6.74. The minimum Gasteiger partial charge on any atom is -0.480 e. The maximum absolute atomic E-state index is 12.2. The van der Waals surface area contributed by atoms with Crippen LogP contribution in [0.25, 0.3) is 0 Å². The summed E-state index contributed by atoms with van der Waals surface area (Å²) < 4.78 is 5.31. The number of aliphatic carboxylic acids is 1. The van der Waals surface area contributed by atoms with Crippen molar-refractivity contribution >= 4 is 23.2 Å². The minimum atomic E-state index is -0.993. The van der Waals surface area contributed by atoms with Gasteiger partial charge < -0.3 is 15.2 Å². The fourth-order valence-electron chi connectivity index (χ4n) is 2.35. The van der Waals surface area contributed by atoms with Crippen LogP contribution in [0.5, 0.6) is 0 Å². The van der Waals surface area contributed by atoms with Crippen molar-refractivity contribution in [3.8, 4) is 0 Å². The van der Waals surface area contributed by atoms with Crippen molar-refractivity contribution in [1.29, 1.82) is 0 Å². The largest absolute Gasteiger partial charge is 0.480 e. The summed E-state index contributed by atoms with van der Waals surface area (Å²) in [6.45, 7) is 2.85. The predicted octanol–water partition coefficient (Wildman–Crippen LogP) is 1.85. The van der Waals surface area contributed by atoms with Gasteiger partial charge in [0.25, 0.3) is 0 Å². The summed E-state index contributed by atoms with van der Waals surface area (Å²) in [7, 11) is 0. The fourth-order valence-corrected chi connectivity index (χ4v) is 3.14. The SMILES string of the molecule is CC(C(=O)NC(C(=O)O)C1CCCOC1)c1cccs1. The Balaban J connectivity index is 2.00. The van der Waals surface area contributed by atoms with Gasteiger partial charge in [0.15, 0.2) is 0 Å². The van der Waals surface area contributed by atoms with E-state index in [-0.39, 0.29) is 17.7 Å². The molecule has 2 N–H and O–H groups in total. The van der Waals surface area contributed by atoms with Gasteiger partial charge in [0.05, 0.1) is 12.5 Å². The van der Waals surface area contributed by atoms with Crippen LogP contribution >= 0.6 is 11.3 Å². The van der Waals surface area contributed by atoms with Crippen molar-refractivity contribution in [3.05, 3.63) is 22.4 Å². The van der Waals surface area contributed by atoms with E-state index in [0.29, 0.717) is 13.2 Å². The molecule has 1 aromatic rings. The molecule has 3 unspecified atom stereocenters. The van der Waals surface area contributed by atoms with E-state index in [1.807, 2.05) is 17.5 Å². The lowest BCUT2D eigenvalue weighted by molar-refractivity contribution is -0.145. The van der Waals surface area contributed by atoms with E-state index >= 15 is 0 Å². The van der Waals surface area contributed by atoms with Crippen molar-refractivity contribution in [2.45, 2.75) is 31.7 Å². The van der Waals surface area contributed by atoms with Crippen molar-refractivity contribution in [2.75, 3.05) is 13.2 Å². The minimum absolute atomic E-state index is 0.152. The van der Waals surface area contributed by atoms with Crippen molar-refractivity contribution in [2.24, 2.45) is 5.92 Å². The average Bonchev–Trinajstić information content (AvgIpc) is 2.98. The molecule has 2 heterocycles. The summed E-state index contributed by atoms with van der Waals surface area (Å²) in [5, 5.41) is 13.9. The van der Waals surface area contributed by atoms with Crippen LogP contribution in [0.4, 0.5) is 0 Å². The lowest BCUT2D eigenvalue weighted by Crippen LogP contribution is -2.49. The molecule has 1 aliphatic heterocycles. The van der Waals surface area contributed by atoms with Gasteiger partial charge in [0.1, 0.15) is 6.04 Å². The van der Waals surface area contributed by atoms with Crippen molar-refractivity contribution in [3.63, 3.8) is 0 Å². The van der Waals surface area contributed by atoms with E-state index in [2.05, 4.69) is 5.32 Å². The van der Waals surface area contributed by atoms with E-state index in [0.717, 1.165) is 17.7 Å². The first kappa shape index (κ1) is 15.0. The van der Waals surface area contributed by atoms with Gasteiger partial charge in [-0.05, 0) is 31.2 Å². The number of rotatable bonds is 5. The number of carboxylic acids is 1. The molecule has 0 radical (unpaired) electrons. The Morgan fingerprint density at radius 3 is 2.90 bits per heavy atom. The molecule has 110 valence electrons. The third kappa shape index (κ3) is 3.58. The molecule has 0 saturated carbocycles. The summed E-state index contributed by atoms with van der Waals surface area (Å²) in [4.78, 5) is 24.5. The second-order valence-corrected chi connectivity index (χ2v) is 6.02. The Morgan fingerprint density at radius 1 is 1.55 bits per heavy atom. The lowest BCUT2D eigenvalue weighted by atomic mass is 9.93. The van der Waals surface area contributed by atoms with Gasteiger partial charge in [-0.1, -0.05) is 6.07 Å². The van der Waals surface area contributed by atoms with Gasteiger partial charge >= 0.3 is 5.97 Å². The Labute approximate surface area is 121 Å². The van der Waals surface area contributed by atoms with Gasteiger partial charge in [0, 0.05) is 17.4 Å². The monoisotopic (exact) mass is 297 g/mol. The molecule has 1 aromatic heterocycles. The number of carbonyl (C=O) groups is 2. The van der Waals surface area contributed by atoms with Crippen LogP contribution in [-0.4, -0.2) is 36.2 Å². The first-order chi connectivity index (χ1) is 9.59. The predicted molar refractivity (Wildman–Crippen MR) is 75.8 cm³/mol. The standard InChI is InChI=1S/C14H19NO4S/c1-9(11-5-3-7-20-11)13(16)15-12(14(17)18)10-4-2-6-19-8-10/h3,5,7,9-10,12H,2,4,6,8H2,1H3,(H,15,16)(H,17,18). The molecule has 5 nitrogen and oxygen atoms in total. The molecule has 0 spiro atoms. The maximum atomic E-state index is 12.2. The lowest BCUT2D eigenvalue weighted by Gasteiger charge is -2.28. The summed E-state index contributed by atoms with van der Waals surface area (Å²) in [6, 6.07) is 2.90. The van der Waals surface area contributed by atoms with Gasteiger partial charge in [-0.3, -0.25) is 4.79 Å². The van der Waals surface area contributed by atoms with E-state index in [1.54, 1.807) is 6.92 Å². The molecule has 0 aliphatic carbocycles. The molecule has 3 atom stereocenters. The Morgan fingerprint density at radius 2 is 2.35 bits per heavy atom. The highest BCUT2D eigenvalue weighted by Gasteiger charge is 2.32. The van der Waals surface area contributed by atoms with Crippen molar-refractivity contribution in [1.82, 2.24) is 5.32 Å². The van der Waals surface area contributed by atoms with E-state index < -0.39 is 12.0 Å². The van der Waals surface area contributed by atoms with Crippen LogP contribution in [0.3, 0.4) is 0 Å². The van der Waals surface area contributed by atoms with Crippen LogP contribution in [0, 0.1) is 5.92 Å². The Bertz CT molecular complexity index is 454. The topological polar surface area (TPSA) is 75.6 Å². The Kier molecular flexibility index (Phi) is 5.14. The summed E-state index contributed by atoms with van der Waals surface area (Å²) in [5.74, 6) is -1.72. The number of amides is 1.